The molecule has 0 unspecified atom stereocenters. The number of amides is 1. The van der Waals surface area contributed by atoms with Crippen LogP contribution < -0.4 is 20.7 Å². The van der Waals surface area contributed by atoms with Crippen LogP contribution in [0.1, 0.15) is 16.7 Å². The maximum Gasteiger partial charge on any atom is 0.421 e. The molecule has 14 heteroatoms. The highest BCUT2D eigenvalue weighted by molar-refractivity contribution is 7.92. The Labute approximate surface area is 197 Å². The number of alkyl halides is 3. The molecule has 0 spiro atoms. The average Bonchev–Trinajstić information content (AvgIpc) is 3.11. The topological polar surface area (TPSA) is 125 Å². The maximum atomic E-state index is 14.2. The number of rotatable bonds is 7. The number of nitrogens with zero attached hydrogens (tertiary/aromatic N) is 2. The SMILES string of the molecule is CS(=O)(=O)Nc1ccc(F)c(CNc2nc(Nc3ccc4c(c3)CC(=O)N4)ncc2C(F)(F)F)c1. The highest BCUT2D eigenvalue weighted by atomic mass is 32.2. The summed E-state index contributed by atoms with van der Waals surface area (Å²) in [5, 5.41) is 7.92. The Morgan fingerprint density at radius 1 is 1.11 bits per heavy atom. The number of carbonyl (C=O) groups excluding carboxylic acids is 1. The zero-order valence-electron chi connectivity index (χ0n) is 18.0. The Morgan fingerprint density at radius 3 is 2.57 bits per heavy atom. The molecule has 1 aromatic heterocycles. The number of aromatic nitrogens is 2. The Balaban J connectivity index is 1.58. The van der Waals surface area contributed by atoms with E-state index in [0.717, 1.165) is 18.4 Å². The number of hydrogen-bond donors (Lipinski definition) is 4. The van der Waals surface area contributed by atoms with Crippen LogP contribution in [0, 0.1) is 5.82 Å². The summed E-state index contributed by atoms with van der Waals surface area (Å²) in [6, 6.07) is 8.25. The van der Waals surface area contributed by atoms with E-state index < -0.39 is 39.9 Å². The van der Waals surface area contributed by atoms with Crippen LogP contribution in [-0.2, 0) is 34.0 Å². The predicted molar refractivity (Wildman–Crippen MR) is 121 cm³/mol. The molecule has 35 heavy (non-hydrogen) atoms. The molecule has 184 valence electrons. The Bertz CT molecular complexity index is 1410. The van der Waals surface area contributed by atoms with Crippen molar-refractivity contribution in [1.82, 2.24) is 9.97 Å². The van der Waals surface area contributed by atoms with Crippen LogP contribution in [0.4, 0.5) is 46.4 Å². The van der Waals surface area contributed by atoms with E-state index in [1.54, 1.807) is 18.2 Å². The Morgan fingerprint density at radius 2 is 1.86 bits per heavy atom. The molecule has 0 aliphatic carbocycles. The lowest BCUT2D eigenvalue weighted by atomic mass is 10.1. The number of sulfonamides is 1. The molecule has 0 fully saturated rings. The van der Waals surface area contributed by atoms with Crippen LogP contribution in [0.3, 0.4) is 0 Å². The summed E-state index contributed by atoms with van der Waals surface area (Å²) in [5.41, 5.74) is 0.607. The van der Waals surface area contributed by atoms with Crippen LogP contribution in [-0.4, -0.2) is 30.5 Å². The summed E-state index contributed by atoms with van der Waals surface area (Å²) in [4.78, 5) is 19.1. The molecule has 4 rings (SSSR count). The smallest absolute Gasteiger partial charge is 0.365 e. The Hall–Kier alpha value is -3.94. The number of nitrogens with one attached hydrogen (secondary N) is 4. The van der Waals surface area contributed by atoms with Crippen LogP contribution in [0.25, 0.3) is 0 Å². The molecule has 1 aliphatic rings. The minimum Gasteiger partial charge on any atom is -0.365 e. The van der Waals surface area contributed by atoms with E-state index in [-0.39, 0.29) is 29.5 Å². The lowest BCUT2D eigenvalue weighted by Crippen LogP contribution is -2.15. The summed E-state index contributed by atoms with van der Waals surface area (Å²) in [7, 11) is -3.64. The zero-order chi connectivity index (χ0) is 25.4. The van der Waals surface area contributed by atoms with Crippen molar-refractivity contribution >= 4 is 44.8 Å². The number of halogens is 4. The largest absolute Gasteiger partial charge is 0.421 e. The van der Waals surface area contributed by atoms with Gasteiger partial charge in [0.15, 0.2) is 0 Å². The molecule has 0 saturated heterocycles. The molecular weight excluding hydrogens is 492 g/mol. The average molecular weight is 510 g/mol. The third-order valence-corrected chi connectivity index (χ3v) is 5.48. The normalized spacial score (nSPS) is 13.2. The quantitative estimate of drug-likeness (QED) is 0.356. The molecule has 0 radical (unpaired) electrons. The van der Waals surface area contributed by atoms with Gasteiger partial charge in [0.2, 0.25) is 21.9 Å². The molecule has 2 aromatic carbocycles. The van der Waals surface area contributed by atoms with E-state index in [1.165, 1.54) is 6.07 Å². The van der Waals surface area contributed by atoms with Gasteiger partial charge >= 0.3 is 6.18 Å². The van der Waals surface area contributed by atoms with Crippen molar-refractivity contribution in [2.75, 3.05) is 26.9 Å². The van der Waals surface area contributed by atoms with Gasteiger partial charge in [0, 0.05) is 35.4 Å². The third-order valence-electron chi connectivity index (χ3n) is 4.88. The number of fused-ring (bicyclic) bond motifs is 1. The van der Waals surface area contributed by atoms with Crippen LogP contribution in [0.15, 0.2) is 42.6 Å². The van der Waals surface area contributed by atoms with Crippen molar-refractivity contribution in [3.8, 4) is 0 Å². The first-order chi connectivity index (χ1) is 16.4. The lowest BCUT2D eigenvalue weighted by Gasteiger charge is -2.16. The molecular formula is C21H18F4N6O3S. The van der Waals surface area contributed by atoms with Crippen LogP contribution in [0.2, 0.25) is 0 Å². The van der Waals surface area contributed by atoms with E-state index in [1.807, 2.05) is 0 Å². The third kappa shape index (κ3) is 5.95. The monoisotopic (exact) mass is 510 g/mol. The van der Waals surface area contributed by atoms with E-state index in [4.69, 9.17) is 0 Å². The second kappa shape index (κ2) is 9.02. The van der Waals surface area contributed by atoms with Gasteiger partial charge in [-0.1, -0.05) is 0 Å². The first-order valence-electron chi connectivity index (χ1n) is 10.0. The van der Waals surface area contributed by atoms with Crippen LogP contribution in [0.5, 0.6) is 0 Å². The number of anilines is 5. The molecule has 3 aromatic rings. The highest BCUT2D eigenvalue weighted by Gasteiger charge is 2.35. The van der Waals surface area contributed by atoms with Gasteiger partial charge in [-0.05, 0) is 42.0 Å². The molecule has 1 amide bonds. The second-order valence-electron chi connectivity index (χ2n) is 7.71. The number of hydrogen-bond acceptors (Lipinski definition) is 7. The van der Waals surface area contributed by atoms with Crippen molar-refractivity contribution in [2.45, 2.75) is 19.1 Å². The van der Waals surface area contributed by atoms with Crippen molar-refractivity contribution in [2.24, 2.45) is 0 Å². The van der Waals surface area contributed by atoms with Gasteiger partial charge in [0.1, 0.15) is 17.2 Å². The maximum absolute atomic E-state index is 14.2. The number of carbonyl (C=O) groups is 1. The first-order valence-corrected chi connectivity index (χ1v) is 11.9. The fourth-order valence-corrected chi connectivity index (χ4v) is 3.94. The van der Waals surface area contributed by atoms with Crippen LogP contribution >= 0.6 is 0 Å². The van der Waals surface area contributed by atoms with Gasteiger partial charge in [-0.3, -0.25) is 9.52 Å². The molecule has 0 saturated carbocycles. The van der Waals surface area contributed by atoms with Gasteiger partial charge in [-0.2, -0.15) is 18.2 Å². The predicted octanol–water partition coefficient (Wildman–Crippen LogP) is 3.86. The second-order valence-corrected chi connectivity index (χ2v) is 9.46. The van der Waals surface area contributed by atoms with E-state index in [9.17, 15) is 30.8 Å². The summed E-state index contributed by atoms with van der Waals surface area (Å²) in [5.74, 6) is -1.68. The van der Waals surface area contributed by atoms with Gasteiger partial charge in [0.05, 0.1) is 12.7 Å². The summed E-state index contributed by atoms with van der Waals surface area (Å²) >= 11 is 0. The van der Waals surface area contributed by atoms with Crippen molar-refractivity contribution < 1.29 is 30.8 Å². The molecule has 2 heterocycles. The first kappa shape index (κ1) is 24.2. The van der Waals surface area contributed by atoms with Crippen molar-refractivity contribution in [3.05, 3.63) is 65.1 Å². The summed E-state index contributed by atoms with van der Waals surface area (Å²) in [6.45, 7) is -0.419. The molecule has 9 nitrogen and oxygen atoms in total. The van der Waals surface area contributed by atoms with Crippen molar-refractivity contribution in [1.29, 1.82) is 0 Å². The molecule has 0 atom stereocenters. The standard InChI is InChI=1S/C21H18F4N6O3S/c1-35(33,34)31-14-2-4-16(22)12(7-14)9-26-19-15(21(23,24)25)10-27-20(30-19)28-13-3-5-17-11(6-13)8-18(32)29-17/h2-7,10,31H,8-9H2,1H3,(H,29,32)(H2,26,27,28,30). The van der Waals surface area contributed by atoms with Crippen molar-refractivity contribution in [3.63, 3.8) is 0 Å². The minimum atomic E-state index is -4.79. The molecule has 0 bridgehead atoms. The van der Waals surface area contributed by atoms with E-state index in [2.05, 4.69) is 30.6 Å². The van der Waals surface area contributed by atoms with Gasteiger partial charge in [0.25, 0.3) is 0 Å². The van der Waals surface area contributed by atoms with Gasteiger partial charge < -0.3 is 16.0 Å². The fraction of sp³-hybridized carbons (Fsp3) is 0.190. The highest BCUT2D eigenvalue weighted by Crippen LogP contribution is 2.35. The Kier molecular flexibility index (Phi) is 6.23. The lowest BCUT2D eigenvalue weighted by molar-refractivity contribution is -0.137. The molecule has 1 aliphatic heterocycles. The minimum absolute atomic E-state index is 0.0522. The van der Waals surface area contributed by atoms with E-state index in [0.29, 0.717) is 23.1 Å². The fourth-order valence-electron chi connectivity index (χ4n) is 3.39. The van der Waals surface area contributed by atoms with Gasteiger partial charge in [-0.15, -0.1) is 0 Å². The van der Waals surface area contributed by atoms with E-state index >= 15 is 0 Å². The molecule has 4 N–H and O–H groups in total. The van der Waals surface area contributed by atoms with Gasteiger partial charge in [-0.25, -0.2) is 17.8 Å². The zero-order valence-corrected chi connectivity index (χ0v) is 18.8. The summed E-state index contributed by atoms with van der Waals surface area (Å²) < 4.78 is 79.8. The number of benzene rings is 2. The summed E-state index contributed by atoms with van der Waals surface area (Å²) in [6.07, 6.45) is -3.12.